The van der Waals surface area contributed by atoms with E-state index in [1.54, 1.807) is 18.4 Å². The van der Waals surface area contributed by atoms with Crippen LogP contribution < -0.4 is 10.1 Å². The van der Waals surface area contributed by atoms with E-state index in [2.05, 4.69) is 33.8 Å². The van der Waals surface area contributed by atoms with Crippen molar-refractivity contribution in [2.75, 3.05) is 12.4 Å². The van der Waals surface area contributed by atoms with E-state index in [-0.39, 0.29) is 17.0 Å². The average Bonchev–Trinajstić information content (AvgIpc) is 3.17. The summed E-state index contributed by atoms with van der Waals surface area (Å²) in [5.41, 5.74) is 5.85. The summed E-state index contributed by atoms with van der Waals surface area (Å²) in [6.45, 7) is 4.07. The van der Waals surface area contributed by atoms with E-state index in [1.807, 2.05) is 36.7 Å². The zero-order chi connectivity index (χ0) is 18.3. The largest absolute Gasteiger partial charge is 0.495 e. The first kappa shape index (κ1) is 19.7. The van der Waals surface area contributed by atoms with Gasteiger partial charge in [0.2, 0.25) is 0 Å². The van der Waals surface area contributed by atoms with Gasteiger partial charge in [-0.3, -0.25) is 4.40 Å². The van der Waals surface area contributed by atoms with Gasteiger partial charge < -0.3 is 10.1 Å². The third-order valence-electron chi connectivity index (χ3n) is 4.11. The third-order valence-corrected chi connectivity index (χ3v) is 5.16. The Labute approximate surface area is 176 Å². The fourth-order valence-corrected chi connectivity index (χ4v) is 3.85. The molecule has 5 nitrogen and oxygen atoms in total. The number of pyridine rings is 1. The van der Waals surface area contributed by atoms with Crippen molar-refractivity contribution < 1.29 is 4.74 Å². The molecule has 0 saturated carbocycles. The molecule has 8 heteroatoms. The topological polar surface area (TPSA) is 51.5 Å². The lowest BCUT2D eigenvalue weighted by molar-refractivity contribution is 0.415. The molecule has 3 heterocycles. The van der Waals surface area contributed by atoms with Crippen molar-refractivity contribution in [1.82, 2.24) is 14.4 Å². The number of hydrogen-bond acceptors (Lipinski definition) is 5. The van der Waals surface area contributed by atoms with Crippen LogP contribution in [0.4, 0.5) is 10.8 Å². The molecule has 0 aliphatic rings. The van der Waals surface area contributed by atoms with Gasteiger partial charge in [0.25, 0.3) is 0 Å². The SMILES string of the molecule is Br.COc1ccc(Nc2nc(-c3c(C)nc4cc(C)ccn34)cs2)cc1Cl. The Kier molecular flexibility index (Phi) is 5.74. The molecular formula is C19H18BrClN4OS. The number of nitrogens with zero attached hydrogens (tertiary/aromatic N) is 3. The summed E-state index contributed by atoms with van der Waals surface area (Å²) in [5.74, 6) is 0.647. The predicted octanol–water partition coefficient (Wildman–Crippen LogP) is 6.06. The summed E-state index contributed by atoms with van der Waals surface area (Å²) in [7, 11) is 1.60. The summed E-state index contributed by atoms with van der Waals surface area (Å²) in [5, 5.41) is 6.68. The van der Waals surface area contributed by atoms with Crippen molar-refractivity contribution in [3.8, 4) is 17.1 Å². The number of methoxy groups -OCH3 is 1. The zero-order valence-electron chi connectivity index (χ0n) is 15.0. The molecule has 0 spiro atoms. The predicted molar refractivity (Wildman–Crippen MR) is 117 cm³/mol. The van der Waals surface area contributed by atoms with Gasteiger partial charge >= 0.3 is 0 Å². The number of nitrogens with one attached hydrogen (secondary N) is 1. The fraction of sp³-hybridized carbons (Fsp3) is 0.158. The van der Waals surface area contributed by atoms with Gasteiger partial charge in [-0.15, -0.1) is 28.3 Å². The number of rotatable bonds is 4. The minimum absolute atomic E-state index is 0. The van der Waals surface area contributed by atoms with Gasteiger partial charge in [0.1, 0.15) is 17.1 Å². The van der Waals surface area contributed by atoms with Crippen LogP contribution in [0.5, 0.6) is 5.75 Å². The number of ether oxygens (including phenoxy) is 1. The molecule has 0 aliphatic heterocycles. The second kappa shape index (κ2) is 7.88. The maximum Gasteiger partial charge on any atom is 0.187 e. The van der Waals surface area contributed by atoms with E-state index in [0.29, 0.717) is 10.8 Å². The highest BCUT2D eigenvalue weighted by atomic mass is 79.9. The molecule has 1 aromatic carbocycles. The van der Waals surface area contributed by atoms with Crippen molar-refractivity contribution in [3.63, 3.8) is 0 Å². The lowest BCUT2D eigenvalue weighted by atomic mass is 10.2. The minimum atomic E-state index is 0. The van der Waals surface area contributed by atoms with Gasteiger partial charge in [0.15, 0.2) is 5.13 Å². The van der Waals surface area contributed by atoms with Crippen LogP contribution in [0.25, 0.3) is 17.0 Å². The Hall–Kier alpha value is -2.09. The fourth-order valence-electron chi connectivity index (χ4n) is 2.88. The molecule has 3 aromatic heterocycles. The molecule has 0 atom stereocenters. The van der Waals surface area contributed by atoms with E-state index >= 15 is 0 Å². The van der Waals surface area contributed by atoms with Crippen molar-refractivity contribution >= 4 is 56.4 Å². The molecule has 4 rings (SSSR count). The van der Waals surface area contributed by atoms with Crippen LogP contribution in [0.1, 0.15) is 11.3 Å². The van der Waals surface area contributed by atoms with E-state index in [4.69, 9.17) is 21.3 Å². The first-order valence-electron chi connectivity index (χ1n) is 8.07. The quantitative estimate of drug-likeness (QED) is 0.398. The smallest absolute Gasteiger partial charge is 0.187 e. The monoisotopic (exact) mass is 464 g/mol. The zero-order valence-corrected chi connectivity index (χ0v) is 18.3. The van der Waals surface area contributed by atoms with Crippen LogP contribution in [0, 0.1) is 13.8 Å². The molecule has 0 unspecified atom stereocenters. The average molecular weight is 466 g/mol. The number of thiazole rings is 1. The number of aryl methyl sites for hydroxylation is 2. The number of imidazole rings is 1. The van der Waals surface area contributed by atoms with Gasteiger partial charge in [-0.2, -0.15) is 0 Å². The van der Waals surface area contributed by atoms with E-state index in [1.165, 1.54) is 5.56 Å². The Morgan fingerprint density at radius 2 is 1.96 bits per heavy atom. The molecule has 27 heavy (non-hydrogen) atoms. The molecule has 0 saturated heterocycles. The van der Waals surface area contributed by atoms with E-state index < -0.39 is 0 Å². The van der Waals surface area contributed by atoms with Crippen LogP contribution >= 0.6 is 39.9 Å². The van der Waals surface area contributed by atoms with Gasteiger partial charge in [-0.05, 0) is 49.7 Å². The van der Waals surface area contributed by atoms with Gasteiger partial charge in [-0.1, -0.05) is 11.6 Å². The van der Waals surface area contributed by atoms with Crippen molar-refractivity contribution in [1.29, 1.82) is 0 Å². The molecule has 0 aliphatic carbocycles. The molecular weight excluding hydrogens is 448 g/mol. The van der Waals surface area contributed by atoms with Crippen molar-refractivity contribution in [3.05, 3.63) is 58.2 Å². The standard InChI is InChI=1S/C19H17ClN4OS.BrH/c1-11-6-7-24-17(8-11)21-12(2)18(24)15-10-26-19(23-15)22-13-4-5-16(25-3)14(20)9-13;/h4-10H,1-3H3,(H,22,23);1H. The molecule has 1 N–H and O–H groups in total. The maximum absolute atomic E-state index is 6.19. The Balaban J connectivity index is 0.00000210. The number of aromatic nitrogens is 3. The summed E-state index contributed by atoms with van der Waals surface area (Å²) < 4.78 is 7.26. The number of hydrogen-bond donors (Lipinski definition) is 1. The van der Waals surface area contributed by atoms with E-state index in [9.17, 15) is 0 Å². The second-order valence-electron chi connectivity index (χ2n) is 5.99. The second-order valence-corrected chi connectivity index (χ2v) is 7.26. The summed E-state index contributed by atoms with van der Waals surface area (Å²) in [6.07, 6.45) is 2.04. The van der Waals surface area contributed by atoms with Crippen molar-refractivity contribution in [2.45, 2.75) is 13.8 Å². The summed E-state index contributed by atoms with van der Waals surface area (Å²) in [6, 6.07) is 9.71. The normalized spacial score (nSPS) is 10.7. The maximum atomic E-state index is 6.19. The number of benzene rings is 1. The Bertz CT molecular complexity index is 1110. The molecule has 0 bridgehead atoms. The minimum Gasteiger partial charge on any atom is -0.495 e. The van der Waals surface area contributed by atoms with Crippen LogP contribution in [0.15, 0.2) is 41.9 Å². The van der Waals surface area contributed by atoms with Gasteiger partial charge in [0, 0.05) is 17.3 Å². The Morgan fingerprint density at radius 1 is 1.15 bits per heavy atom. The van der Waals surface area contributed by atoms with Crippen LogP contribution in [0.2, 0.25) is 5.02 Å². The molecule has 0 amide bonds. The van der Waals surface area contributed by atoms with Crippen LogP contribution in [-0.2, 0) is 0 Å². The summed E-state index contributed by atoms with van der Waals surface area (Å²) in [4.78, 5) is 9.38. The van der Waals surface area contributed by atoms with E-state index in [0.717, 1.165) is 33.5 Å². The Morgan fingerprint density at radius 3 is 2.70 bits per heavy atom. The highest BCUT2D eigenvalue weighted by molar-refractivity contribution is 8.93. The molecule has 4 aromatic rings. The number of fused-ring (bicyclic) bond motifs is 1. The molecule has 0 radical (unpaired) electrons. The van der Waals surface area contributed by atoms with Crippen LogP contribution in [-0.4, -0.2) is 21.5 Å². The first-order valence-corrected chi connectivity index (χ1v) is 9.32. The highest BCUT2D eigenvalue weighted by Crippen LogP contribution is 2.32. The lowest BCUT2D eigenvalue weighted by Gasteiger charge is -2.06. The summed E-state index contributed by atoms with van der Waals surface area (Å²) >= 11 is 7.73. The number of halogens is 2. The first-order chi connectivity index (χ1) is 12.5. The highest BCUT2D eigenvalue weighted by Gasteiger charge is 2.14. The lowest BCUT2D eigenvalue weighted by Crippen LogP contribution is -1.93. The van der Waals surface area contributed by atoms with Crippen molar-refractivity contribution in [2.24, 2.45) is 0 Å². The third kappa shape index (κ3) is 3.81. The van der Waals surface area contributed by atoms with Crippen LogP contribution in [0.3, 0.4) is 0 Å². The molecule has 140 valence electrons. The molecule has 0 fully saturated rings. The van der Waals surface area contributed by atoms with Gasteiger partial charge in [0.05, 0.1) is 23.5 Å². The van der Waals surface area contributed by atoms with Gasteiger partial charge in [-0.25, -0.2) is 9.97 Å². The number of anilines is 2.